The van der Waals surface area contributed by atoms with Gasteiger partial charge in [-0.3, -0.25) is 0 Å². The molecule has 5 heteroatoms. The molecule has 1 heterocycles. The Bertz CT molecular complexity index is 314. The SMILES string of the molecule is COOc1csc([C@H](O)C[C@@H](C)C(C)C)n1. The Kier molecular flexibility index (Phi) is 5.18. The van der Waals surface area contributed by atoms with E-state index in [1.807, 2.05) is 0 Å². The van der Waals surface area contributed by atoms with Crippen LogP contribution in [0.5, 0.6) is 5.88 Å². The van der Waals surface area contributed by atoms with Crippen LogP contribution < -0.4 is 4.89 Å². The summed E-state index contributed by atoms with van der Waals surface area (Å²) in [4.78, 5) is 13.4. The van der Waals surface area contributed by atoms with Crippen LogP contribution in [0, 0.1) is 11.8 Å². The summed E-state index contributed by atoms with van der Waals surface area (Å²) in [6, 6.07) is 0. The maximum absolute atomic E-state index is 9.97. The molecule has 0 bridgehead atoms. The molecule has 16 heavy (non-hydrogen) atoms. The molecule has 1 rings (SSSR count). The first kappa shape index (κ1) is 13.4. The molecular weight excluding hydrogens is 226 g/mol. The molecule has 0 aromatic carbocycles. The highest BCUT2D eigenvalue weighted by atomic mass is 32.1. The minimum absolute atomic E-state index is 0.402. The van der Waals surface area contributed by atoms with Crippen molar-refractivity contribution in [2.45, 2.75) is 33.3 Å². The first-order chi connectivity index (χ1) is 7.54. The van der Waals surface area contributed by atoms with Crippen molar-refractivity contribution in [1.82, 2.24) is 4.98 Å². The number of hydrogen-bond donors (Lipinski definition) is 1. The summed E-state index contributed by atoms with van der Waals surface area (Å²) in [5.74, 6) is 1.42. The number of aliphatic hydroxyl groups is 1. The number of rotatable bonds is 6. The van der Waals surface area contributed by atoms with Gasteiger partial charge >= 0.3 is 0 Å². The molecular formula is C11H19NO3S. The summed E-state index contributed by atoms with van der Waals surface area (Å²) in [5, 5.41) is 12.4. The summed E-state index contributed by atoms with van der Waals surface area (Å²) in [7, 11) is 1.43. The second kappa shape index (κ2) is 6.18. The van der Waals surface area contributed by atoms with Crippen LogP contribution in [0.4, 0.5) is 0 Å². The van der Waals surface area contributed by atoms with Gasteiger partial charge in [0.1, 0.15) is 11.1 Å². The average molecular weight is 245 g/mol. The standard InChI is InChI=1S/C11H19NO3S/c1-7(2)8(3)5-9(13)11-12-10(6-16-11)15-14-4/h6-9,13H,5H2,1-4H3/t8-,9-/m1/s1. The lowest BCUT2D eigenvalue weighted by atomic mass is 9.92. The molecule has 0 saturated heterocycles. The summed E-state index contributed by atoms with van der Waals surface area (Å²) in [5.41, 5.74) is 0. The number of thiazole rings is 1. The number of aliphatic hydroxyl groups excluding tert-OH is 1. The van der Waals surface area contributed by atoms with Crippen LogP contribution in [0.1, 0.15) is 38.3 Å². The zero-order valence-electron chi connectivity index (χ0n) is 10.1. The van der Waals surface area contributed by atoms with Crippen molar-refractivity contribution in [3.05, 3.63) is 10.4 Å². The van der Waals surface area contributed by atoms with Gasteiger partial charge in [-0.05, 0) is 18.3 Å². The van der Waals surface area contributed by atoms with Crippen LogP contribution in [-0.4, -0.2) is 17.2 Å². The van der Waals surface area contributed by atoms with E-state index >= 15 is 0 Å². The van der Waals surface area contributed by atoms with Crippen molar-refractivity contribution < 1.29 is 14.9 Å². The zero-order valence-corrected chi connectivity index (χ0v) is 11.0. The third kappa shape index (κ3) is 3.73. The maximum atomic E-state index is 9.97. The molecule has 0 fully saturated rings. The van der Waals surface area contributed by atoms with Crippen LogP contribution in [0.3, 0.4) is 0 Å². The van der Waals surface area contributed by atoms with Gasteiger partial charge in [0, 0.05) is 0 Å². The van der Waals surface area contributed by atoms with Crippen molar-refractivity contribution in [2.75, 3.05) is 7.11 Å². The van der Waals surface area contributed by atoms with E-state index in [0.717, 1.165) is 6.42 Å². The molecule has 1 aromatic rings. The summed E-state index contributed by atoms with van der Waals surface area (Å²) < 4.78 is 0. The van der Waals surface area contributed by atoms with E-state index in [-0.39, 0.29) is 0 Å². The molecule has 0 aliphatic carbocycles. The summed E-state index contributed by atoms with van der Waals surface area (Å²) in [6.07, 6.45) is 0.203. The van der Waals surface area contributed by atoms with Crippen molar-refractivity contribution in [3.63, 3.8) is 0 Å². The molecule has 0 unspecified atom stereocenters. The van der Waals surface area contributed by atoms with E-state index in [1.54, 1.807) is 5.38 Å². The highest BCUT2D eigenvalue weighted by Crippen LogP contribution is 2.29. The van der Waals surface area contributed by atoms with Crippen molar-refractivity contribution in [3.8, 4) is 5.88 Å². The Hall–Kier alpha value is -0.650. The fraction of sp³-hybridized carbons (Fsp3) is 0.727. The molecule has 92 valence electrons. The van der Waals surface area contributed by atoms with Gasteiger partial charge in [0.25, 0.3) is 5.88 Å². The first-order valence-corrected chi connectivity index (χ1v) is 6.26. The van der Waals surface area contributed by atoms with E-state index < -0.39 is 6.10 Å². The van der Waals surface area contributed by atoms with Crippen LogP contribution in [0.15, 0.2) is 5.38 Å². The molecule has 1 aromatic heterocycles. The summed E-state index contributed by atoms with van der Waals surface area (Å²) >= 11 is 1.39. The lowest BCUT2D eigenvalue weighted by molar-refractivity contribution is -0.181. The van der Waals surface area contributed by atoms with E-state index in [1.165, 1.54) is 18.4 Å². The van der Waals surface area contributed by atoms with Crippen molar-refractivity contribution in [2.24, 2.45) is 11.8 Å². The van der Waals surface area contributed by atoms with Gasteiger partial charge in [-0.1, -0.05) is 20.8 Å². The van der Waals surface area contributed by atoms with E-state index in [2.05, 4.69) is 30.6 Å². The van der Waals surface area contributed by atoms with Gasteiger partial charge in [0.15, 0.2) is 0 Å². The molecule has 0 saturated carbocycles. The molecule has 0 radical (unpaired) electrons. The normalized spacial score (nSPS) is 15.1. The number of aromatic nitrogens is 1. The van der Waals surface area contributed by atoms with E-state index in [9.17, 15) is 5.11 Å². The Balaban J connectivity index is 2.55. The summed E-state index contributed by atoms with van der Waals surface area (Å²) in [6.45, 7) is 6.44. The molecule has 1 N–H and O–H groups in total. The molecule has 0 aliphatic heterocycles. The van der Waals surface area contributed by atoms with Crippen molar-refractivity contribution in [1.29, 1.82) is 0 Å². The Labute approximate surface area is 100 Å². The molecule has 0 spiro atoms. The van der Waals surface area contributed by atoms with Crippen LogP contribution >= 0.6 is 11.3 Å². The Morgan fingerprint density at radius 1 is 1.44 bits per heavy atom. The molecule has 0 amide bonds. The highest BCUT2D eigenvalue weighted by molar-refractivity contribution is 7.09. The van der Waals surface area contributed by atoms with Gasteiger partial charge in [-0.2, -0.15) is 4.89 Å². The van der Waals surface area contributed by atoms with E-state index in [0.29, 0.717) is 22.7 Å². The van der Waals surface area contributed by atoms with Crippen LogP contribution in [-0.2, 0) is 4.89 Å². The van der Waals surface area contributed by atoms with Gasteiger partial charge in [-0.25, -0.2) is 4.98 Å². The fourth-order valence-electron chi connectivity index (χ4n) is 1.27. The smallest absolute Gasteiger partial charge is 0.267 e. The van der Waals surface area contributed by atoms with Crippen LogP contribution in [0.25, 0.3) is 0 Å². The van der Waals surface area contributed by atoms with Gasteiger partial charge in [0.05, 0.1) is 12.5 Å². The molecule has 4 nitrogen and oxygen atoms in total. The quantitative estimate of drug-likeness (QED) is 0.618. The number of nitrogens with zero attached hydrogens (tertiary/aromatic N) is 1. The zero-order chi connectivity index (χ0) is 12.1. The van der Waals surface area contributed by atoms with Crippen LogP contribution in [0.2, 0.25) is 0 Å². The fourth-order valence-corrected chi connectivity index (χ4v) is 1.98. The van der Waals surface area contributed by atoms with E-state index in [4.69, 9.17) is 4.89 Å². The minimum Gasteiger partial charge on any atom is -0.386 e. The lowest BCUT2D eigenvalue weighted by Gasteiger charge is -2.17. The predicted octanol–water partition coefficient (Wildman–Crippen LogP) is 2.80. The van der Waals surface area contributed by atoms with Gasteiger partial charge < -0.3 is 9.99 Å². The lowest BCUT2D eigenvalue weighted by Crippen LogP contribution is -2.09. The maximum Gasteiger partial charge on any atom is 0.267 e. The Morgan fingerprint density at radius 2 is 2.12 bits per heavy atom. The number of hydrogen-bond acceptors (Lipinski definition) is 5. The predicted molar refractivity (Wildman–Crippen MR) is 63.3 cm³/mol. The second-order valence-electron chi connectivity index (χ2n) is 4.25. The minimum atomic E-state index is -0.517. The van der Waals surface area contributed by atoms with Crippen molar-refractivity contribution >= 4 is 11.3 Å². The topological polar surface area (TPSA) is 51.6 Å². The van der Waals surface area contributed by atoms with Gasteiger partial charge in [0.2, 0.25) is 0 Å². The Morgan fingerprint density at radius 3 is 2.69 bits per heavy atom. The third-order valence-electron chi connectivity index (χ3n) is 2.69. The largest absolute Gasteiger partial charge is 0.386 e. The first-order valence-electron chi connectivity index (χ1n) is 5.38. The van der Waals surface area contributed by atoms with Gasteiger partial charge in [-0.15, -0.1) is 11.3 Å². The second-order valence-corrected chi connectivity index (χ2v) is 5.14. The molecule has 2 atom stereocenters. The monoisotopic (exact) mass is 245 g/mol. The third-order valence-corrected chi connectivity index (χ3v) is 3.61. The highest BCUT2D eigenvalue weighted by Gasteiger charge is 2.18. The average Bonchev–Trinajstić information content (AvgIpc) is 2.66. The molecule has 0 aliphatic rings.